The van der Waals surface area contributed by atoms with Gasteiger partial charge in [-0.25, -0.2) is 4.98 Å². The van der Waals surface area contributed by atoms with Gasteiger partial charge in [-0.15, -0.1) is 0 Å². The van der Waals surface area contributed by atoms with Gasteiger partial charge in [-0.05, 0) is 108 Å². The summed E-state index contributed by atoms with van der Waals surface area (Å²) in [5.74, 6) is 3.99. The Labute approximate surface area is 248 Å². The second-order valence-electron chi connectivity index (χ2n) is 13.1. The van der Waals surface area contributed by atoms with Crippen LogP contribution in [0.4, 0.5) is 23.1 Å². The predicted octanol–water partition coefficient (Wildman–Crippen LogP) is 4.71. The number of carbonyl (C=O) groups excluding carboxylic acids is 1. The summed E-state index contributed by atoms with van der Waals surface area (Å²) in [6.07, 6.45) is 15.8. The average Bonchev–Trinajstić information content (AvgIpc) is 3.81. The Hall–Kier alpha value is -2.49. The second-order valence-corrected chi connectivity index (χ2v) is 13.5. The lowest BCUT2D eigenvalue weighted by Gasteiger charge is -2.39. The highest BCUT2D eigenvalue weighted by atomic mass is 35.5. The Morgan fingerprint density at radius 2 is 1.78 bits per heavy atom. The number of aromatic nitrogens is 3. The lowest BCUT2D eigenvalue weighted by molar-refractivity contribution is -0.128. The van der Waals surface area contributed by atoms with Gasteiger partial charge < -0.3 is 25.3 Å². The van der Waals surface area contributed by atoms with Crippen LogP contribution in [0.1, 0.15) is 57.8 Å². The van der Waals surface area contributed by atoms with E-state index in [9.17, 15) is 4.79 Å². The highest BCUT2D eigenvalue weighted by Gasteiger charge is 2.48. The molecule has 0 bridgehead atoms. The molecular formula is C31H43ClN8O. The smallest absolute Gasteiger partial charge is 0.233 e. The number of halogens is 1. The molecule has 1 atom stereocenters. The van der Waals surface area contributed by atoms with Crippen LogP contribution in [0.15, 0.2) is 24.7 Å². The summed E-state index contributed by atoms with van der Waals surface area (Å²) in [6.45, 7) is 8.26. The molecule has 2 N–H and O–H groups in total. The molecule has 1 aliphatic carbocycles. The van der Waals surface area contributed by atoms with Crippen molar-refractivity contribution >= 4 is 40.6 Å². The van der Waals surface area contributed by atoms with Gasteiger partial charge in [0.25, 0.3) is 0 Å². The largest absolute Gasteiger partial charge is 0.355 e. The molecule has 2 aromatic rings. The number of pyridine rings is 1. The van der Waals surface area contributed by atoms with Crippen LogP contribution >= 0.6 is 11.6 Å². The van der Waals surface area contributed by atoms with Gasteiger partial charge in [0.2, 0.25) is 11.9 Å². The average molecular weight is 579 g/mol. The number of anilines is 4. The minimum absolute atomic E-state index is 0.227. The monoisotopic (exact) mass is 578 g/mol. The fraction of sp³-hybridized carbons (Fsp3) is 0.677. The second kappa shape index (κ2) is 11.7. The number of hydrogen-bond donors (Lipinski definition) is 2. The van der Waals surface area contributed by atoms with E-state index < -0.39 is 0 Å². The van der Waals surface area contributed by atoms with Crippen molar-refractivity contribution in [2.24, 2.45) is 23.2 Å². The minimum atomic E-state index is -0.227. The van der Waals surface area contributed by atoms with Gasteiger partial charge in [0, 0.05) is 26.2 Å². The highest BCUT2D eigenvalue weighted by Crippen LogP contribution is 2.44. The molecule has 0 aromatic carbocycles. The number of piperidine rings is 3. The SMILES string of the molecule is O=C1N(c2cncc(Nc3ncc(Cl)c(N4CCCC(C5CC5)C4)n3)c2)CCC12CCN(CC1CCNCC1)CC2. The lowest BCUT2D eigenvalue weighted by Crippen LogP contribution is -2.46. The van der Waals surface area contributed by atoms with E-state index in [-0.39, 0.29) is 11.3 Å². The van der Waals surface area contributed by atoms with Crippen LogP contribution in [0.5, 0.6) is 0 Å². The van der Waals surface area contributed by atoms with Gasteiger partial charge in [-0.3, -0.25) is 9.78 Å². The van der Waals surface area contributed by atoms with Crippen molar-refractivity contribution in [1.29, 1.82) is 0 Å². The summed E-state index contributed by atoms with van der Waals surface area (Å²) >= 11 is 6.57. The van der Waals surface area contributed by atoms with Gasteiger partial charge >= 0.3 is 0 Å². The quantitative estimate of drug-likeness (QED) is 0.488. The standard InChI is InChI=1S/C31H43ClN8O/c32-27-19-35-30(37-28(27)39-12-1-2-24(21-39)23-3-4-23)36-25-16-26(18-34-17-25)40-15-9-31(29(40)41)7-13-38(14-8-31)20-22-5-10-33-11-6-22/h16-19,22-24,33H,1-15,20-21H2,(H,35,36,37). The molecule has 1 unspecified atom stereocenters. The molecule has 1 spiro atoms. The third-order valence-electron chi connectivity index (χ3n) is 10.4. The van der Waals surface area contributed by atoms with Crippen molar-refractivity contribution < 1.29 is 4.79 Å². The van der Waals surface area contributed by atoms with E-state index in [4.69, 9.17) is 16.6 Å². The van der Waals surface area contributed by atoms with Gasteiger partial charge in [0.15, 0.2) is 5.82 Å². The summed E-state index contributed by atoms with van der Waals surface area (Å²) in [5, 5.41) is 7.39. The zero-order valence-electron chi connectivity index (χ0n) is 24.0. The van der Waals surface area contributed by atoms with Crippen molar-refractivity contribution in [3.8, 4) is 0 Å². The van der Waals surface area contributed by atoms with Crippen molar-refractivity contribution in [1.82, 2.24) is 25.2 Å². The number of rotatable bonds is 7. The topological polar surface area (TPSA) is 89.5 Å². The van der Waals surface area contributed by atoms with E-state index in [2.05, 4.69) is 30.4 Å². The van der Waals surface area contributed by atoms with Gasteiger partial charge in [0.1, 0.15) is 5.02 Å². The molecule has 5 aliphatic rings. The Morgan fingerprint density at radius 1 is 0.976 bits per heavy atom. The maximum absolute atomic E-state index is 13.8. The molecule has 7 rings (SSSR count). The van der Waals surface area contributed by atoms with Crippen LogP contribution in [0, 0.1) is 23.2 Å². The van der Waals surface area contributed by atoms with Crippen LogP contribution in [0.25, 0.3) is 0 Å². The zero-order chi connectivity index (χ0) is 27.8. The van der Waals surface area contributed by atoms with Crippen molar-refractivity contribution in [2.45, 2.75) is 57.8 Å². The molecule has 10 heteroatoms. The number of carbonyl (C=O) groups is 1. The molecule has 41 heavy (non-hydrogen) atoms. The van der Waals surface area contributed by atoms with Gasteiger partial charge in [-0.1, -0.05) is 11.6 Å². The summed E-state index contributed by atoms with van der Waals surface area (Å²) in [7, 11) is 0. The number of nitrogens with one attached hydrogen (secondary N) is 2. The summed E-state index contributed by atoms with van der Waals surface area (Å²) < 4.78 is 0. The molecule has 9 nitrogen and oxygen atoms in total. The summed E-state index contributed by atoms with van der Waals surface area (Å²) in [6, 6.07) is 2.00. The van der Waals surface area contributed by atoms with E-state index in [1.807, 2.05) is 11.0 Å². The van der Waals surface area contributed by atoms with E-state index in [0.717, 1.165) is 100 Å². The van der Waals surface area contributed by atoms with Crippen molar-refractivity contribution in [3.05, 3.63) is 29.7 Å². The summed E-state index contributed by atoms with van der Waals surface area (Å²) in [5.41, 5.74) is 1.39. The van der Waals surface area contributed by atoms with E-state index in [1.54, 1.807) is 18.6 Å². The summed E-state index contributed by atoms with van der Waals surface area (Å²) in [4.78, 5) is 34.4. The van der Waals surface area contributed by atoms with Crippen LogP contribution in [-0.2, 0) is 4.79 Å². The first-order chi connectivity index (χ1) is 20.1. The van der Waals surface area contributed by atoms with Crippen LogP contribution in [0.3, 0.4) is 0 Å². The molecule has 1 saturated carbocycles. The fourth-order valence-electron chi connectivity index (χ4n) is 7.69. The number of likely N-dealkylation sites (tertiary alicyclic amines) is 1. The van der Waals surface area contributed by atoms with E-state index >= 15 is 0 Å². The molecule has 4 saturated heterocycles. The Bertz CT molecular complexity index is 1240. The van der Waals surface area contributed by atoms with Crippen LogP contribution < -0.4 is 20.4 Å². The Kier molecular flexibility index (Phi) is 7.77. The normalized spacial score (nSPS) is 25.7. The molecular weight excluding hydrogens is 536 g/mol. The van der Waals surface area contributed by atoms with E-state index in [1.165, 1.54) is 45.1 Å². The van der Waals surface area contributed by atoms with Crippen molar-refractivity contribution in [3.63, 3.8) is 0 Å². The maximum Gasteiger partial charge on any atom is 0.233 e. The van der Waals surface area contributed by atoms with Crippen molar-refractivity contribution in [2.75, 3.05) is 67.5 Å². The lowest BCUT2D eigenvalue weighted by atomic mass is 9.77. The highest BCUT2D eigenvalue weighted by molar-refractivity contribution is 6.32. The van der Waals surface area contributed by atoms with Gasteiger partial charge in [-0.2, -0.15) is 4.98 Å². The fourth-order valence-corrected chi connectivity index (χ4v) is 7.90. The third kappa shape index (κ3) is 5.90. The first-order valence-corrected chi connectivity index (χ1v) is 16.2. The molecule has 6 heterocycles. The first kappa shape index (κ1) is 27.3. The number of hydrogen-bond acceptors (Lipinski definition) is 8. The predicted molar refractivity (Wildman–Crippen MR) is 163 cm³/mol. The van der Waals surface area contributed by atoms with Gasteiger partial charge in [0.05, 0.1) is 35.4 Å². The Morgan fingerprint density at radius 3 is 2.59 bits per heavy atom. The molecule has 5 fully saturated rings. The molecule has 4 aliphatic heterocycles. The molecule has 220 valence electrons. The van der Waals surface area contributed by atoms with Crippen LogP contribution in [0.2, 0.25) is 5.02 Å². The number of nitrogens with zero attached hydrogens (tertiary/aromatic N) is 6. The third-order valence-corrected chi connectivity index (χ3v) is 10.6. The zero-order valence-corrected chi connectivity index (χ0v) is 24.8. The first-order valence-electron chi connectivity index (χ1n) is 15.8. The maximum atomic E-state index is 13.8. The Balaban J connectivity index is 0.994. The number of amides is 1. The minimum Gasteiger partial charge on any atom is -0.355 e. The van der Waals surface area contributed by atoms with Crippen LogP contribution in [-0.4, -0.2) is 78.1 Å². The molecule has 0 radical (unpaired) electrons. The molecule has 1 amide bonds. The van der Waals surface area contributed by atoms with E-state index in [0.29, 0.717) is 11.0 Å². The molecule has 2 aromatic heterocycles.